The molecule has 28 heavy (non-hydrogen) atoms. The number of piperidine rings is 1. The number of nitrogens with one attached hydrogen (secondary N) is 1. The summed E-state index contributed by atoms with van der Waals surface area (Å²) in [6.45, 7) is 1.72. The lowest BCUT2D eigenvalue weighted by Gasteiger charge is -2.25. The van der Waals surface area contributed by atoms with Gasteiger partial charge in [-0.15, -0.1) is 0 Å². The van der Waals surface area contributed by atoms with Crippen LogP contribution in [-0.2, 0) is 9.59 Å². The number of rotatable bonds is 3. The minimum absolute atomic E-state index is 0.0832. The van der Waals surface area contributed by atoms with Gasteiger partial charge in [0.1, 0.15) is 0 Å². The fraction of sp³-hybridized carbons (Fsp3) is 0.217. The van der Waals surface area contributed by atoms with Crippen molar-refractivity contribution >= 4 is 41.4 Å². The molecule has 2 heterocycles. The number of nitrogens with zero attached hydrogens (tertiary/aromatic N) is 1. The lowest BCUT2D eigenvalue weighted by atomic mass is 10.1. The van der Waals surface area contributed by atoms with Gasteiger partial charge in [0.15, 0.2) is 0 Å². The molecule has 1 fully saturated rings. The summed E-state index contributed by atoms with van der Waals surface area (Å²) in [6, 6.07) is 15.6. The summed E-state index contributed by atoms with van der Waals surface area (Å²) < 4.78 is 0. The Balaban J connectivity index is 1.43. The zero-order chi connectivity index (χ0) is 19.3. The molecule has 4 rings (SSSR count). The number of benzene rings is 2. The van der Waals surface area contributed by atoms with E-state index in [-0.39, 0.29) is 11.8 Å². The Morgan fingerprint density at radius 3 is 2.46 bits per heavy atom. The first kappa shape index (κ1) is 18.6. The fourth-order valence-electron chi connectivity index (χ4n) is 3.34. The van der Waals surface area contributed by atoms with Crippen molar-refractivity contribution in [2.24, 2.45) is 0 Å². The van der Waals surface area contributed by atoms with Gasteiger partial charge in [0.2, 0.25) is 5.91 Å². The second-order valence-corrected chi connectivity index (χ2v) is 8.03. The van der Waals surface area contributed by atoms with E-state index in [1.165, 1.54) is 18.2 Å². The third-order valence-electron chi connectivity index (χ3n) is 4.90. The summed E-state index contributed by atoms with van der Waals surface area (Å²) in [6.07, 6.45) is 8.80. The van der Waals surface area contributed by atoms with Gasteiger partial charge >= 0.3 is 0 Å². The van der Waals surface area contributed by atoms with Gasteiger partial charge in [-0.05, 0) is 54.7 Å². The highest BCUT2D eigenvalue weighted by molar-refractivity contribution is 8.04. The van der Waals surface area contributed by atoms with E-state index in [9.17, 15) is 9.59 Å². The molecular formula is C23H22N2O2S. The van der Waals surface area contributed by atoms with Crippen LogP contribution in [0.25, 0.3) is 12.2 Å². The number of hydrogen-bond acceptors (Lipinski definition) is 3. The molecule has 0 saturated carbocycles. The standard InChI is InChI=1S/C23H22N2O2S/c26-22(25-14-4-1-5-15-25)13-12-17-8-10-18(11-9-17)16-21-23(27)24-19-6-2-3-7-20(19)28-21/h2-3,6-13,16H,1,4-5,14-15H2,(H,24,27)/b13-12+,21-16?. The second kappa shape index (κ2) is 8.48. The topological polar surface area (TPSA) is 49.4 Å². The highest BCUT2D eigenvalue weighted by Crippen LogP contribution is 2.38. The number of amides is 2. The molecule has 0 aromatic heterocycles. The first-order valence-electron chi connectivity index (χ1n) is 9.56. The van der Waals surface area contributed by atoms with Crippen molar-refractivity contribution in [2.45, 2.75) is 24.2 Å². The third kappa shape index (κ3) is 4.37. The van der Waals surface area contributed by atoms with Gasteiger partial charge < -0.3 is 10.2 Å². The average Bonchev–Trinajstić information content (AvgIpc) is 2.74. The molecule has 0 radical (unpaired) electrons. The molecule has 142 valence electrons. The van der Waals surface area contributed by atoms with Crippen molar-refractivity contribution in [3.05, 3.63) is 70.6 Å². The molecule has 4 nitrogen and oxygen atoms in total. The van der Waals surface area contributed by atoms with Crippen LogP contribution in [0.4, 0.5) is 5.69 Å². The summed E-state index contributed by atoms with van der Waals surface area (Å²) in [5, 5.41) is 2.92. The molecule has 5 heteroatoms. The fourth-order valence-corrected chi connectivity index (χ4v) is 4.30. The van der Waals surface area contributed by atoms with Gasteiger partial charge in [-0.1, -0.05) is 48.2 Å². The van der Waals surface area contributed by atoms with Crippen LogP contribution in [0.1, 0.15) is 30.4 Å². The number of thioether (sulfide) groups is 1. The van der Waals surface area contributed by atoms with Crippen LogP contribution in [0.3, 0.4) is 0 Å². The first-order valence-corrected chi connectivity index (χ1v) is 10.4. The molecule has 2 aliphatic heterocycles. The van der Waals surface area contributed by atoms with Crippen molar-refractivity contribution in [3.63, 3.8) is 0 Å². The van der Waals surface area contributed by atoms with Crippen LogP contribution in [0.5, 0.6) is 0 Å². The molecule has 0 atom stereocenters. The van der Waals surface area contributed by atoms with E-state index in [1.54, 1.807) is 6.08 Å². The molecule has 1 saturated heterocycles. The summed E-state index contributed by atoms with van der Waals surface area (Å²) >= 11 is 1.48. The molecule has 0 bridgehead atoms. The monoisotopic (exact) mass is 390 g/mol. The van der Waals surface area contributed by atoms with Crippen LogP contribution < -0.4 is 5.32 Å². The predicted molar refractivity (Wildman–Crippen MR) is 115 cm³/mol. The van der Waals surface area contributed by atoms with Crippen LogP contribution in [0.2, 0.25) is 0 Å². The van der Waals surface area contributed by atoms with Gasteiger partial charge in [0, 0.05) is 24.1 Å². The highest BCUT2D eigenvalue weighted by atomic mass is 32.2. The molecule has 0 unspecified atom stereocenters. The SMILES string of the molecule is O=C1Nc2ccccc2SC1=Cc1ccc(/C=C/C(=O)N2CCCCC2)cc1. The largest absolute Gasteiger partial charge is 0.339 e. The van der Waals surface area contributed by atoms with Crippen LogP contribution in [-0.4, -0.2) is 29.8 Å². The number of para-hydroxylation sites is 1. The van der Waals surface area contributed by atoms with Gasteiger partial charge in [0.05, 0.1) is 10.6 Å². The normalized spacial score (nSPS) is 18.2. The lowest BCUT2D eigenvalue weighted by molar-refractivity contribution is -0.126. The Morgan fingerprint density at radius 1 is 0.964 bits per heavy atom. The summed E-state index contributed by atoms with van der Waals surface area (Å²) in [5.41, 5.74) is 2.78. The van der Waals surface area contributed by atoms with Gasteiger partial charge in [0.25, 0.3) is 5.91 Å². The second-order valence-electron chi connectivity index (χ2n) is 6.95. The Kier molecular flexibility index (Phi) is 5.63. The van der Waals surface area contributed by atoms with Crippen molar-refractivity contribution < 1.29 is 9.59 Å². The minimum atomic E-state index is -0.0835. The molecule has 2 aromatic rings. The van der Waals surface area contributed by atoms with Crippen molar-refractivity contribution in [3.8, 4) is 0 Å². The van der Waals surface area contributed by atoms with Crippen LogP contribution in [0, 0.1) is 0 Å². The maximum Gasteiger partial charge on any atom is 0.262 e. The Bertz CT molecular complexity index is 941. The highest BCUT2D eigenvalue weighted by Gasteiger charge is 2.20. The lowest BCUT2D eigenvalue weighted by Crippen LogP contribution is -2.34. The molecule has 2 amide bonds. The number of carbonyl (C=O) groups is 2. The molecule has 2 aliphatic rings. The van der Waals surface area contributed by atoms with E-state index in [1.807, 2.05) is 65.6 Å². The Morgan fingerprint density at radius 2 is 1.68 bits per heavy atom. The quantitative estimate of drug-likeness (QED) is 0.766. The Hall–Kier alpha value is -2.79. The molecule has 0 spiro atoms. The number of anilines is 1. The maximum absolute atomic E-state index is 12.3. The molecule has 1 N–H and O–H groups in total. The van der Waals surface area contributed by atoms with Crippen molar-refractivity contribution in [1.82, 2.24) is 4.90 Å². The summed E-state index contributed by atoms with van der Waals surface area (Å²) in [5.74, 6) is -0.000336. The first-order chi connectivity index (χ1) is 13.7. The number of carbonyl (C=O) groups excluding carboxylic acids is 2. The zero-order valence-corrected chi connectivity index (χ0v) is 16.4. The van der Waals surface area contributed by atoms with Gasteiger partial charge in [-0.2, -0.15) is 0 Å². The van der Waals surface area contributed by atoms with Gasteiger partial charge in [-0.25, -0.2) is 0 Å². The van der Waals surface area contributed by atoms with E-state index in [4.69, 9.17) is 0 Å². The van der Waals surface area contributed by atoms with Gasteiger partial charge in [-0.3, -0.25) is 9.59 Å². The third-order valence-corrected chi connectivity index (χ3v) is 6.00. The van der Waals surface area contributed by atoms with E-state index >= 15 is 0 Å². The minimum Gasteiger partial charge on any atom is -0.339 e. The summed E-state index contributed by atoms with van der Waals surface area (Å²) in [7, 11) is 0. The van der Waals surface area contributed by atoms with E-state index in [0.29, 0.717) is 4.91 Å². The molecular weight excluding hydrogens is 368 g/mol. The number of likely N-dealkylation sites (tertiary alicyclic amines) is 1. The van der Waals surface area contributed by atoms with E-state index in [0.717, 1.165) is 47.6 Å². The van der Waals surface area contributed by atoms with Crippen LogP contribution in [0.15, 0.2) is 64.4 Å². The Labute approximate surface area is 169 Å². The summed E-state index contributed by atoms with van der Waals surface area (Å²) in [4.78, 5) is 28.1. The maximum atomic E-state index is 12.3. The smallest absolute Gasteiger partial charge is 0.262 e. The number of hydrogen-bond donors (Lipinski definition) is 1. The molecule has 2 aromatic carbocycles. The van der Waals surface area contributed by atoms with Crippen LogP contribution >= 0.6 is 11.8 Å². The van der Waals surface area contributed by atoms with Crippen molar-refractivity contribution in [1.29, 1.82) is 0 Å². The van der Waals surface area contributed by atoms with E-state index in [2.05, 4.69) is 5.32 Å². The zero-order valence-electron chi connectivity index (χ0n) is 15.6. The van der Waals surface area contributed by atoms with Crippen molar-refractivity contribution in [2.75, 3.05) is 18.4 Å². The number of fused-ring (bicyclic) bond motifs is 1. The predicted octanol–water partition coefficient (Wildman–Crippen LogP) is 4.80. The molecule has 0 aliphatic carbocycles. The van der Waals surface area contributed by atoms with E-state index < -0.39 is 0 Å². The average molecular weight is 391 g/mol.